The van der Waals surface area contributed by atoms with Crippen molar-refractivity contribution in [1.29, 1.82) is 0 Å². The number of carbonyl (C=O) groups excluding carboxylic acids is 1. The number of pyridine rings is 1. The zero-order valence-electron chi connectivity index (χ0n) is 10.1. The maximum Gasteiger partial charge on any atom is 0.275 e. The number of aryl methyl sites for hydroxylation is 1. The summed E-state index contributed by atoms with van der Waals surface area (Å²) < 4.78 is 0. The van der Waals surface area contributed by atoms with Gasteiger partial charge in [-0.15, -0.1) is 0 Å². The molecular formula is C12H13N5O. The van der Waals surface area contributed by atoms with Crippen molar-refractivity contribution >= 4 is 17.4 Å². The lowest BCUT2D eigenvalue weighted by atomic mass is 10.3. The van der Waals surface area contributed by atoms with Crippen molar-refractivity contribution in [3.05, 3.63) is 42.1 Å². The lowest BCUT2D eigenvalue weighted by Gasteiger charge is -2.04. The Morgan fingerprint density at radius 1 is 1.11 bits per heavy atom. The normalized spacial score (nSPS) is 9.89. The summed E-state index contributed by atoms with van der Waals surface area (Å²) in [5, 5.41) is 5.53. The first-order valence-corrected chi connectivity index (χ1v) is 5.43. The molecule has 0 unspecified atom stereocenters. The van der Waals surface area contributed by atoms with E-state index in [-0.39, 0.29) is 11.6 Å². The van der Waals surface area contributed by atoms with Crippen molar-refractivity contribution in [2.45, 2.75) is 6.92 Å². The quantitative estimate of drug-likeness (QED) is 0.853. The second-order valence-electron chi connectivity index (χ2n) is 3.68. The monoisotopic (exact) mass is 243 g/mol. The Morgan fingerprint density at radius 2 is 1.94 bits per heavy atom. The first-order chi connectivity index (χ1) is 8.69. The van der Waals surface area contributed by atoms with Crippen LogP contribution in [0.5, 0.6) is 0 Å². The third kappa shape index (κ3) is 2.79. The van der Waals surface area contributed by atoms with Crippen molar-refractivity contribution in [3.63, 3.8) is 0 Å². The molecule has 6 heteroatoms. The number of rotatable bonds is 3. The van der Waals surface area contributed by atoms with Crippen LogP contribution >= 0.6 is 0 Å². The fourth-order valence-electron chi connectivity index (χ4n) is 1.31. The highest BCUT2D eigenvalue weighted by Crippen LogP contribution is 2.07. The Bertz CT molecular complexity index is 535. The van der Waals surface area contributed by atoms with Gasteiger partial charge in [-0.2, -0.15) is 0 Å². The van der Waals surface area contributed by atoms with Crippen molar-refractivity contribution in [3.8, 4) is 0 Å². The van der Waals surface area contributed by atoms with Gasteiger partial charge in [-0.05, 0) is 19.1 Å². The molecule has 2 aromatic rings. The van der Waals surface area contributed by atoms with Gasteiger partial charge in [-0.3, -0.25) is 9.78 Å². The van der Waals surface area contributed by atoms with E-state index < -0.39 is 0 Å². The third-order valence-electron chi connectivity index (χ3n) is 2.31. The standard InChI is InChI=1S/C12H13N5O/c1-8-3-4-9(5-14-8)17-12(18)10-6-16-11(13-2)7-15-10/h3-7H,1-2H3,(H,13,16)(H,17,18). The molecule has 6 nitrogen and oxygen atoms in total. The van der Waals surface area contributed by atoms with Crippen molar-refractivity contribution in [1.82, 2.24) is 15.0 Å². The Morgan fingerprint density at radius 3 is 2.50 bits per heavy atom. The summed E-state index contributed by atoms with van der Waals surface area (Å²) in [4.78, 5) is 24.0. The summed E-state index contributed by atoms with van der Waals surface area (Å²) in [6, 6.07) is 3.61. The molecular weight excluding hydrogens is 230 g/mol. The summed E-state index contributed by atoms with van der Waals surface area (Å²) in [6.45, 7) is 1.88. The first-order valence-electron chi connectivity index (χ1n) is 5.43. The number of nitrogens with zero attached hydrogens (tertiary/aromatic N) is 3. The maximum absolute atomic E-state index is 11.8. The lowest BCUT2D eigenvalue weighted by molar-refractivity contribution is 0.102. The Kier molecular flexibility index (Phi) is 3.47. The average Bonchev–Trinajstić information content (AvgIpc) is 2.41. The van der Waals surface area contributed by atoms with Crippen molar-refractivity contribution in [2.24, 2.45) is 0 Å². The van der Waals surface area contributed by atoms with Gasteiger partial charge in [0, 0.05) is 12.7 Å². The molecule has 2 rings (SSSR count). The van der Waals surface area contributed by atoms with Gasteiger partial charge < -0.3 is 10.6 Å². The first kappa shape index (κ1) is 12.0. The van der Waals surface area contributed by atoms with Crippen LogP contribution in [0.3, 0.4) is 0 Å². The molecule has 0 spiro atoms. The Hall–Kier alpha value is -2.50. The number of anilines is 2. The van der Waals surface area contributed by atoms with Gasteiger partial charge in [0.2, 0.25) is 0 Å². The highest BCUT2D eigenvalue weighted by Gasteiger charge is 2.08. The van der Waals surface area contributed by atoms with E-state index >= 15 is 0 Å². The van der Waals surface area contributed by atoms with Crippen molar-refractivity contribution in [2.75, 3.05) is 17.7 Å². The van der Waals surface area contributed by atoms with Crippen LogP contribution in [-0.4, -0.2) is 27.9 Å². The SMILES string of the molecule is CNc1cnc(C(=O)Nc2ccc(C)nc2)cn1. The molecule has 0 atom stereocenters. The largest absolute Gasteiger partial charge is 0.372 e. The molecule has 0 aliphatic heterocycles. The predicted molar refractivity (Wildman–Crippen MR) is 68.5 cm³/mol. The molecule has 1 amide bonds. The summed E-state index contributed by atoms with van der Waals surface area (Å²) >= 11 is 0. The third-order valence-corrected chi connectivity index (χ3v) is 2.31. The molecule has 2 aromatic heterocycles. The van der Waals surface area contributed by atoms with Crippen LogP contribution in [-0.2, 0) is 0 Å². The molecule has 0 aliphatic carbocycles. The average molecular weight is 243 g/mol. The summed E-state index contributed by atoms with van der Waals surface area (Å²) in [6.07, 6.45) is 4.52. The zero-order chi connectivity index (χ0) is 13.0. The van der Waals surface area contributed by atoms with Gasteiger partial charge >= 0.3 is 0 Å². The van der Waals surface area contributed by atoms with E-state index in [2.05, 4.69) is 25.6 Å². The van der Waals surface area contributed by atoms with E-state index in [9.17, 15) is 4.79 Å². The topological polar surface area (TPSA) is 79.8 Å². The molecule has 18 heavy (non-hydrogen) atoms. The number of carbonyl (C=O) groups is 1. The molecule has 0 saturated heterocycles. The fraction of sp³-hybridized carbons (Fsp3) is 0.167. The molecule has 0 aliphatic rings. The van der Waals surface area contributed by atoms with Crippen LogP contribution in [0.15, 0.2) is 30.7 Å². The predicted octanol–water partition coefficient (Wildman–Crippen LogP) is 1.47. The summed E-state index contributed by atoms with van der Waals surface area (Å²) in [7, 11) is 1.74. The maximum atomic E-state index is 11.8. The molecule has 0 radical (unpaired) electrons. The molecule has 0 saturated carbocycles. The number of hydrogen-bond acceptors (Lipinski definition) is 5. The molecule has 2 N–H and O–H groups in total. The second-order valence-corrected chi connectivity index (χ2v) is 3.68. The van der Waals surface area contributed by atoms with Crippen LogP contribution in [0.25, 0.3) is 0 Å². The summed E-state index contributed by atoms with van der Waals surface area (Å²) in [5.41, 5.74) is 1.78. The Balaban J connectivity index is 2.09. The highest BCUT2D eigenvalue weighted by molar-refractivity contribution is 6.02. The van der Waals surface area contributed by atoms with Crippen LogP contribution in [0.4, 0.5) is 11.5 Å². The molecule has 0 bridgehead atoms. The van der Waals surface area contributed by atoms with Gasteiger partial charge in [0.15, 0.2) is 0 Å². The number of nitrogens with one attached hydrogen (secondary N) is 2. The van der Waals surface area contributed by atoms with Gasteiger partial charge in [0.1, 0.15) is 11.5 Å². The van der Waals surface area contributed by atoms with E-state index in [1.54, 1.807) is 19.3 Å². The number of amides is 1. The van der Waals surface area contributed by atoms with E-state index in [1.165, 1.54) is 12.4 Å². The van der Waals surface area contributed by atoms with Crippen molar-refractivity contribution < 1.29 is 4.79 Å². The zero-order valence-corrected chi connectivity index (χ0v) is 10.1. The molecule has 2 heterocycles. The second kappa shape index (κ2) is 5.22. The van der Waals surface area contributed by atoms with Gasteiger partial charge in [0.05, 0.1) is 24.3 Å². The smallest absolute Gasteiger partial charge is 0.275 e. The highest BCUT2D eigenvalue weighted by atomic mass is 16.1. The van der Waals surface area contributed by atoms with Gasteiger partial charge in [0.25, 0.3) is 5.91 Å². The minimum absolute atomic E-state index is 0.259. The lowest BCUT2D eigenvalue weighted by Crippen LogP contribution is -2.14. The van der Waals surface area contributed by atoms with Crippen LogP contribution < -0.4 is 10.6 Å². The van der Waals surface area contributed by atoms with E-state index in [0.29, 0.717) is 11.5 Å². The molecule has 0 fully saturated rings. The molecule has 92 valence electrons. The van der Waals surface area contributed by atoms with E-state index in [4.69, 9.17) is 0 Å². The van der Waals surface area contributed by atoms with Crippen LogP contribution in [0, 0.1) is 6.92 Å². The number of hydrogen-bond donors (Lipinski definition) is 2. The Labute approximate surface area is 105 Å². The molecule has 0 aromatic carbocycles. The summed E-state index contributed by atoms with van der Waals surface area (Å²) in [5.74, 6) is 0.305. The minimum atomic E-state index is -0.309. The van der Waals surface area contributed by atoms with E-state index in [1.807, 2.05) is 13.0 Å². The van der Waals surface area contributed by atoms with Crippen LogP contribution in [0.1, 0.15) is 16.2 Å². The van der Waals surface area contributed by atoms with Gasteiger partial charge in [-0.25, -0.2) is 9.97 Å². The van der Waals surface area contributed by atoms with Gasteiger partial charge in [-0.1, -0.05) is 0 Å². The fourth-order valence-corrected chi connectivity index (χ4v) is 1.31. The van der Waals surface area contributed by atoms with E-state index in [0.717, 1.165) is 5.69 Å². The number of aromatic nitrogens is 3. The van der Waals surface area contributed by atoms with Crippen LogP contribution in [0.2, 0.25) is 0 Å². The minimum Gasteiger partial charge on any atom is -0.372 e.